The van der Waals surface area contributed by atoms with Crippen LogP contribution in [0.4, 0.5) is 0 Å². The highest BCUT2D eigenvalue weighted by atomic mass is 16.5. The highest BCUT2D eigenvalue weighted by Crippen LogP contribution is 2.27. The molecular weight excluding hydrogens is 192 g/mol. The molecule has 0 radical (unpaired) electrons. The molecule has 2 aromatic heterocycles. The summed E-state index contributed by atoms with van der Waals surface area (Å²) in [5.74, 6) is 0.713. The van der Waals surface area contributed by atoms with Gasteiger partial charge in [0, 0.05) is 25.0 Å². The fraction of sp³-hybridized carbons (Fsp3) is 0.273. The Morgan fingerprint density at radius 1 is 1.60 bits per heavy atom. The summed E-state index contributed by atoms with van der Waals surface area (Å²) in [6.45, 7) is 2.49. The second kappa shape index (κ2) is 3.73. The van der Waals surface area contributed by atoms with Crippen LogP contribution in [0.2, 0.25) is 0 Å². The Morgan fingerprint density at radius 2 is 2.40 bits per heavy atom. The van der Waals surface area contributed by atoms with Crippen LogP contribution >= 0.6 is 0 Å². The van der Waals surface area contributed by atoms with Crippen LogP contribution in [0, 0.1) is 0 Å². The van der Waals surface area contributed by atoms with Gasteiger partial charge in [0.05, 0.1) is 12.0 Å². The number of ether oxygens (including phenoxy) is 1. The van der Waals surface area contributed by atoms with Gasteiger partial charge in [0.15, 0.2) is 6.29 Å². The van der Waals surface area contributed by atoms with E-state index in [9.17, 15) is 4.79 Å². The van der Waals surface area contributed by atoms with Crippen LogP contribution in [0.5, 0.6) is 5.75 Å². The molecule has 0 spiro atoms. The third-order valence-electron chi connectivity index (χ3n) is 2.28. The van der Waals surface area contributed by atoms with E-state index >= 15 is 0 Å². The number of aldehydes is 1. The Morgan fingerprint density at radius 3 is 3.07 bits per heavy atom. The maximum absolute atomic E-state index is 10.9. The molecule has 2 heterocycles. The van der Waals surface area contributed by atoms with Crippen molar-refractivity contribution in [1.82, 2.24) is 9.55 Å². The number of hydrogen-bond acceptors (Lipinski definition) is 3. The molecule has 15 heavy (non-hydrogen) atoms. The quantitative estimate of drug-likeness (QED) is 0.716. The van der Waals surface area contributed by atoms with E-state index < -0.39 is 0 Å². The van der Waals surface area contributed by atoms with Gasteiger partial charge in [-0.25, -0.2) is 4.98 Å². The van der Waals surface area contributed by atoms with Gasteiger partial charge in [-0.3, -0.25) is 4.79 Å². The van der Waals surface area contributed by atoms with Crippen LogP contribution in [0.15, 0.2) is 18.5 Å². The summed E-state index contributed by atoms with van der Waals surface area (Å²) < 4.78 is 7.28. The van der Waals surface area contributed by atoms with Gasteiger partial charge in [-0.2, -0.15) is 0 Å². The third-order valence-corrected chi connectivity index (χ3v) is 2.28. The minimum Gasteiger partial charge on any atom is -0.493 e. The number of pyridine rings is 1. The standard InChI is InChI=1S/C11H12N2O2/c1-3-15-9-4-5-12-11-10(9)8(7-14)6-13(11)2/h4-7H,3H2,1-2H3. The summed E-state index contributed by atoms with van der Waals surface area (Å²) in [6, 6.07) is 1.78. The minimum atomic E-state index is 0.576. The molecule has 0 fully saturated rings. The predicted octanol–water partition coefficient (Wildman–Crippen LogP) is 1.78. The van der Waals surface area contributed by atoms with Gasteiger partial charge in [0.25, 0.3) is 0 Å². The predicted molar refractivity (Wildman–Crippen MR) is 57.3 cm³/mol. The third kappa shape index (κ3) is 1.48. The minimum absolute atomic E-state index is 0.576. The molecule has 4 nitrogen and oxygen atoms in total. The fourth-order valence-electron chi connectivity index (χ4n) is 1.67. The number of carbonyl (C=O) groups excluding carboxylic acids is 1. The molecule has 0 atom stereocenters. The SMILES string of the molecule is CCOc1ccnc2c1c(C=O)cn2C. The number of carbonyl (C=O) groups is 1. The molecule has 0 saturated carbocycles. The molecule has 0 aliphatic rings. The van der Waals surface area contributed by atoms with Gasteiger partial charge >= 0.3 is 0 Å². The molecule has 0 unspecified atom stereocenters. The molecule has 0 N–H and O–H groups in total. The highest BCUT2D eigenvalue weighted by molar-refractivity contribution is 5.99. The van der Waals surface area contributed by atoms with Crippen molar-refractivity contribution in [3.05, 3.63) is 24.0 Å². The number of aromatic nitrogens is 2. The summed E-state index contributed by atoms with van der Waals surface area (Å²) >= 11 is 0. The number of nitrogens with zero attached hydrogens (tertiary/aromatic N) is 2. The van der Waals surface area contributed by atoms with E-state index in [1.807, 2.05) is 18.5 Å². The number of aryl methyl sites for hydroxylation is 1. The molecular formula is C11H12N2O2. The van der Waals surface area contributed by atoms with Gasteiger partial charge < -0.3 is 9.30 Å². The maximum atomic E-state index is 10.9. The van der Waals surface area contributed by atoms with E-state index in [0.29, 0.717) is 17.9 Å². The zero-order chi connectivity index (χ0) is 10.8. The van der Waals surface area contributed by atoms with Crippen molar-refractivity contribution < 1.29 is 9.53 Å². The lowest BCUT2D eigenvalue weighted by atomic mass is 10.2. The van der Waals surface area contributed by atoms with Crippen LogP contribution in [0.25, 0.3) is 11.0 Å². The molecule has 0 aliphatic heterocycles. The van der Waals surface area contributed by atoms with Crippen LogP contribution in [0.3, 0.4) is 0 Å². The maximum Gasteiger partial charge on any atom is 0.152 e. The van der Waals surface area contributed by atoms with Gasteiger partial charge in [0.1, 0.15) is 11.4 Å². The average Bonchev–Trinajstić information content (AvgIpc) is 2.58. The van der Waals surface area contributed by atoms with Gasteiger partial charge in [-0.05, 0) is 13.0 Å². The number of rotatable bonds is 3. The highest BCUT2D eigenvalue weighted by Gasteiger charge is 2.11. The molecule has 0 amide bonds. The normalized spacial score (nSPS) is 10.5. The Hall–Kier alpha value is -1.84. The Balaban J connectivity index is 2.75. The Kier molecular flexibility index (Phi) is 2.41. The van der Waals surface area contributed by atoms with E-state index in [-0.39, 0.29) is 0 Å². The van der Waals surface area contributed by atoms with Gasteiger partial charge in [-0.15, -0.1) is 0 Å². The first-order valence-electron chi connectivity index (χ1n) is 4.80. The van der Waals surface area contributed by atoms with E-state index in [1.165, 1.54) is 0 Å². The van der Waals surface area contributed by atoms with E-state index in [1.54, 1.807) is 18.5 Å². The molecule has 4 heteroatoms. The summed E-state index contributed by atoms with van der Waals surface area (Å²) in [7, 11) is 1.86. The molecule has 0 aromatic carbocycles. The zero-order valence-electron chi connectivity index (χ0n) is 8.73. The molecule has 0 bridgehead atoms. The topological polar surface area (TPSA) is 44.1 Å². The van der Waals surface area contributed by atoms with Crippen LogP contribution in [-0.4, -0.2) is 22.4 Å². The van der Waals surface area contributed by atoms with Crippen molar-refractivity contribution in [3.63, 3.8) is 0 Å². The van der Waals surface area contributed by atoms with Crippen molar-refractivity contribution in [3.8, 4) is 5.75 Å². The first-order valence-corrected chi connectivity index (χ1v) is 4.80. The fourth-order valence-corrected chi connectivity index (χ4v) is 1.67. The van der Waals surface area contributed by atoms with Crippen molar-refractivity contribution in [1.29, 1.82) is 0 Å². The van der Waals surface area contributed by atoms with E-state index in [2.05, 4.69) is 4.98 Å². The summed E-state index contributed by atoms with van der Waals surface area (Å²) in [6.07, 6.45) is 4.27. The molecule has 78 valence electrons. The Bertz CT molecular complexity index is 503. The molecule has 0 saturated heterocycles. The average molecular weight is 204 g/mol. The van der Waals surface area contributed by atoms with Crippen molar-refractivity contribution in [2.24, 2.45) is 7.05 Å². The summed E-state index contributed by atoms with van der Waals surface area (Å²) in [5, 5.41) is 0.789. The lowest BCUT2D eigenvalue weighted by Crippen LogP contribution is -1.94. The van der Waals surface area contributed by atoms with Crippen molar-refractivity contribution in [2.75, 3.05) is 6.61 Å². The zero-order valence-corrected chi connectivity index (χ0v) is 8.73. The lowest BCUT2D eigenvalue weighted by molar-refractivity contribution is 0.112. The second-order valence-electron chi connectivity index (χ2n) is 3.25. The van der Waals surface area contributed by atoms with Crippen LogP contribution < -0.4 is 4.74 Å². The Labute approximate surface area is 87.5 Å². The summed E-state index contributed by atoms with van der Waals surface area (Å²) in [5.41, 5.74) is 1.38. The first-order chi connectivity index (χ1) is 7.27. The first kappa shape index (κ1) is 9.71. The van der Waals surface area contributed by atoms with Crippen LogP contribution in [0.1, 0.15) is 17.3 Å². The smallest absolute Gasteiger partial charge is 0.152 e. The van der Waals surface area contributed by atoms with Crippen molar-refractivity contribution in [2.45, 2.75) is 6.92 Å². The number of fused-ring (bicyclic) bond motifs is 1. The largest absolute Gasteiger partial charge is 0.493 e. The van der Waals surface area contributed by atoms with E-state index in [4.69, 9.17) is 4.74 Å². The monoisotopic (exact) mass is 204 g/mol. The second-order valence-corrected chi connectivity index (χ2v) is 3.25. The summed E-state index contributed by atoms with van der Waals surface area (Å²) in [4.78, 5) is 15.1. The molecule has 0 aliphatic carbocycles. The van der Waals surface area contributed by atoms with Crippen molar-refractivity contribution >= 4 is 17.3 Å². The number of hydrogen-bond donors (Lipinski definition) is 0. The van der Waals surface area contributed by atoms with Gasteiger partial charge in [0.2, 0.25) is 0 Å². The van der Waals surface area contributed by atoms with E-state index in [0.717, 1.165) is 17.3 Å². The molecule has 2 aromatic rings. The molecule has 2 rings (SSSR count). The van der Waals surface area contributed by atoms with Crippen LogP contribution in [-0.2, 0) is 7.05 Å². The lowest BCUT2D eigenvalue weighted by Gasteiger charge is -2.04. The van der Waals surface area contributed by atoms with Gasteiger partial charge in [-0.1, -0.05) is 0 Å².